The Hall–Kier alpha value is -2.49. The summed E-state index contributed by atoms with van der Waals surface area (Å²) in [5.74, 6) is -0.757. The number of piperazine rings is 1. The van der Waals surface area contributed by atoms with Crippen LogP contribution >= 0.6 is 0 Å². The Labute approximate surface area is 133 Å². The molecule has 7 nitrogen and oxygen atoms in total. The van der Waals surface area contributed by atoms with Gasteiger partial charge in [0.2, 0.25) is 5.76 Å². The van der Waals surface area contributed by atoms with Crippen molar-refractivity contribution >= 4 is 0 Å². The highest BCUT2D eigenvalue weighted by Crippen LogP contribution is 2.30. The minimum absolute atomic E-state index is 0.247. The molecule has 0 radical (unpaired) electrons. The topological polar surface area (TPSA) is 74.5 Å². The first kappa shape index (κ1) is 16.4. The van der Waals surface area contributed by atoms with E-state index >= 15 is 0 Å². The molecule has 0 saturated carbocycles. The maximum atomic E-state index is 12.5. The number of hydrogen-bond donors (Lipinski definition) is 1. The average molecular weight is 344 g/mol. The van der Waals surface area contributed by atoms with Crippen LogP contribution in [0.5, 0.6) is 0 Å². The molecule has 3 rings (SSSR count). The van der Waals surface area contributed by atoms with Crippen LogP contribution in [-0.4, -0.2) is 40.7 Å². The van der Waals surface area contributed by atoms with Gasteiger partial charge in [-0.05, 0) is 12.1 Å². The van der Waals surface area contributed by atoms with Crippen LogP contribution in [0.4, 0.5) is 13.2 Å². The summed E-state index contributed by atoms with van der Waals surface area (Å²) in [5, 5.41) is 1.76. The Kier molecular flexibility index (Phi) is 4.22. The maximum Gasteiger partial charge on any atom is 0.449 e. The molecule has 0 atom stereocenters. The van der Waals surface area contributed by atoms with Gasteiger partial charge in [-0.2, -0.15) is 13.2 Å². The summed E-state index contributed by atoms with van der Waals surface area (Å²) < 4.78 is 43.7. The van der Waals surface area contributed by atoms with Crippen molar-refractivity contribution in [2.24, 2.45) is 0 Å². The third-order valence-corrected chi connectivity index (χ3v) is 3.78. The molecule has 1 N–H and O–H groups in total. The molecule has 1 saturated heterocycles. The Bertz CT molecular complexity index is 815. The van der Waals surface area contributed by atoms with E-state index in [1.54, 1.807) is 5.01 Å². The fourth-order valence-electron chi connectivity index (χ4n) is 2.58. The fourth-order valence-corrected chi connectivity index (χ4v) is 2.58. The molecular weight excluding hydrogens is 329 g/mol. The Morgan fingerprint density at radius 3 is 2.38 bits per heavy atom. The van der Waals surface area contributed by atoms with Crippen LogP contribution in [0, 0.1) is 0 Å². The molecule has 0 unspecified atom stereocenters. The monoisotopic (exact) mass is 344 g/mol. The zero-order valence-corrected chi connectivity index (χ0v) is 12.5. The first-order chi connectivity index (χ1) is 11.3. The molecule has 10 heteroatoms. The van der Waals surface area contributed by atoms with E-state index in [-0.39, 0.29) is 12.3 Å². The van der Waals surface area contributed by atoms with E-state index in [0.29, 0.717) is 26.2 Å². The van der Waals surface area contributed by atoms with Crippen LogP contribution in [0.25, 0.3) is 0 Å². The van der Waals surface area contributed by atoms with Crippen LogP contribution < -0.4 is 16.3 Å². The molecule has 0 spiro atoms. The molecule has 0 aliphatic carbocycles. The van der Waals surface area contributed by atoms with Crippen LogP contribution in [0.1, 0.15) is 11.5 Å². The highest BCUT2D eigenvalue weighted by Gasteiger charge is 2.35. The van der Waals surface area contributed by atoms with Gasteiger partial charge in [0.05, 0.1) is 6.54 Å². The van der Waals surface area contributed by atoms with Crippen molar-refractivity contribution in [3.8, 4) is 0 Å². The lowest BCUT2D eigenvalue weighted by atomic mass is 10.3. The number of aromatic nitrogens is 2. The smallest absolute Gasteiger partial charge is 0.449 e. The van der Waals surface area contributed by atoms with Gasteiger partial charge in [0, 0.05) is 38.4 Å². The summed E-state index contributed by atoms with van der Waals surface area (Å²) >= 11 is 0. The summed E-state index contributed by atoms with van der Waals surface area (Å²) in [5.41, 5.74) is -0.982. The summed E-state index contributed by atoms with van der Waals surface area (Å²) in [6.45, 7) is 2.36. The first-order valence-electron chi connectivity index (χ1n) is 7.28. The van der Waals surface area contributed by atoms with Crippen LogP contribution in [0.3, 0.4) is 0 Å². The molecule has 0 amide bonds. The van der Waals surface area contributed by atoms with Gasteiger partial charge in [0.1, 0.15) is 5.76 Å². The number of hydrogen-bond acceptors (Lipinski definition) is 5. The Morgan fingerprint density at radius 2 is 1.79 bits per heavy atom. The van der Waals surface area contributed by atoms with Gasteiger partial charge in [-0.3, -0.25) is 14.7 Å². The summed E-state index contributed by atoms with van der Waals surface area (Å²) in [6.07, 6.45) is -3.08. The van der Waals surface area contributed by atoms with Gasteiger partial charge < -0.3 is 9.43 Å². The standard InChI is InChI=1S/C14H15F3N4O3/c15-14(16,17)11-2-1-10(24-11)9-19-5-7-20(8-6-19)21-4-3-12(22)18-13(21)23/h1-4H,5-9H2,(H,18,22,23). The number of nitrogens with zero attached hydrogens (tertiary/aromatic N) is 3. The highest BCUT2D eigenvalue weighted by molar-refractivity contribution is 5.10. The van der Waals surface area contributed by atoms with Crippen LogP contribution in [0.2, 0.25) is 0 Å². The molecule has 1 aliphatic heterocycles. The van der Waals surface area contributed by atoms with Crippen molar-refractivity contribution in [2.45, 2.75) is 12.7 Å². The average Bonchev–Trinajstić information content (AvgIpc) is 2.97. The lowest BCUT2D eigenvalue weighted by Gasteiger charge is -2.35. The highest BCUT2D eigenvalue weighted by atomic mass is 19.4. The number of nitrogens with one attached hydrogen (secondary N) is 1. The predicted octanol–water partition coefficient (Wildman–Crippen LogP) is 0.602. The van der Waals surface area contributed by atoms with Crippen molar-refractivity contribution in [1.29, 1.82) is 0 Å². The summed E-state index contributed by atoms with van der Waals surface area (Å²) in [4.78, 5) is 26.9. The van der Waals surface area contributed by atoms with Crippen molar-refractivity contribution in [3.63, 3.8) is 0 Å². The van der Waals surface area contributed by atoms with Crippen molar-refractivity contribution in [2.75, 3.05) is 31.2 Å². The van der Waals surface area contributed by atoms with Crippen LogP contribution in [0.15, 0.2) is 38.4 Å². The number of rotatable bonds is 3. The number of aromatic amines is 1. The lowest BCUT2D eigenvalue weighted by Crippen LogP contribution is -2.54. The number of furan rings is 1. The summed E-state index contributed by atoms with van der Waals surface area (Å²) in [7, 11) is 0. The third kappa shape index (κ3) is 3.53. The third-order valence-electron chi connectivity index (χ3n) is 3.78. The second-order valence-corrected chi connectivity index (χ2v) is 5.45. The van der Waals surface area contributed by atoms with E-state index in [2.05, 4.69) is 4.98 Å². The normalized spacial score (nSPS) is 16.5. The van der Waals surface area contributed by atoms with Crippen LogP contribution in [-0.2, 0) is 12.7 Å². The van der Waals surface area contributed by atoms with E-state index in [4.69, 9.17) is 4.42 Å². The quantitative estimate of drug-likeness (QED) is 0.883. The van der Waals surface area contributed by atoms with Crippen molar-refractivity contribution in [1.82, 2.24) is 14.6 Å². The van der Waals surface area contributed by atoms with E-state index in [1.807, 2.05) is 4.90 Å². The Balaban J connectivity index is 1.60. The number of halogens is 3. The van der Waals surface area contributed by atoms with Gasteiger partial charge >= 0.3 is 11.9 Å². The van der Waals surface area contributed by atoms with E-state index < -0.39 is 23.2 Å². The summed E-state index contributed by atoms with van der Waals surface area (Å²) in [6, 6.07) is 3.50. The largest absolute Gasteiger partial charge is 0.455 e. The molecule has 3 heterocycles. The molecule has 24 heavy (non-hydrogen) atoms. The zero-order chi connectivity index (χ0) is 17.3. The SMILES string of the molecule is O=c1ccn(N2CCN(Cc3ccc(C(F)(F)F)o3)CC2)c(=O)[nH]1. The van der Waals surface area contributed by atoms with E-state index in [0.717, 1.165) is 6.07 Å². The van der Waals surface area contributed by atoms with Gasteiger partial charge in [-0.15, -0.1) is 0 Å². The molecular formula is C14H15F3N4O3. The molecule has 0 aromatic carbocycles. The molecule has 0 bridgehead atoms. The van der Waals surface area contributed by atoms with Gasteiger partial charge in [-0.1, -0.05) is 0 Å². The molecule has 2 aromatic heterocycles. The fraction of sp³-hybridized carbons (Fsp3) is 0.429. The lowest BCUT2D eigenvalue weighted by molar-refractivity contribution is -0.153. The van der Waals surface area contributed by atoms with Crippen molar-refractivity contribution in [3.05, 3.63) is 56.8 Å². The second-order valence-electron chi connectivity index (χ2n) is 5.45. The van der Waals surface area contributed by atoms with Gasteiger partial charge in [-0.25, -0.2) is 9.47 Å². The van der Waals surface area contributed by atoms with Crippen molar-refractivity contribution < 1.29 is 17.6 Å². The number of alkyl halides is 3. The zero-order valence-electron chi connectivity index (χ0n) is 12.5. The minimum atomic E-state index is -4.48. The second kappa shape index (κ2) is 6.19. The molecule has 1 aliphatic rings. The predicted molar refractivity (Wildman–Crippen MR) is 78.3 cm³/mol. The Morgan fingerprint density at radius 1 is 1.08 bits per heavy atom. The molecule has 2 aromatic rings. The van der Waals surface area contributed by atoms with E-state index in [9.17, 15) is 22.8 Å². The first-order valence-corrected chi connectivity index (χ1v) is 7.28. The number of H-pyrrole nitrogens is 1. The minimum Gasteiger partial charge on any atom is -0.455 e. The van der Waals surface area contributed by atoms with Gasteiger partial charge in [0.15, 0.2) is 0 Å². The molecule has 1 fully saturated rings. The maximum absolute atomic E-state index is 12.5. The molecule has 130 valence electrons. The van der Waals surface area contributed by atoms with Gasteiger partial charge in [0.25, 0.3) is 5.56 Å². The van der Waals surface area contributed by atoms with E-state index in [1.165, 1.54) is 23.0 Å².